The zero-order valence-corrected chi connectivity index (χ0v) is 12.8. The molecule has 0 bridgehead atoms. The van der Waals surface area contributed by atoms with E-state index >= 15 is 0 Å². The first kappa shape index (κ1) is 16.8. The summed E-state index contributed by atoms with van der Waals surface area (Å²) in [6, 6.07) is 4.08. The molecule has 3 rings (SSSR count). The SMILES string of the molecule is O=C1NCC(C2CCOC2)C(=O)N1Cc1cccc(C(F)(F)F)c1. The topological polar surface area (TPSA) is 58.6 Å². The van der Waals surface area contributed by atoms with Gasteiger partial charge in [0, 0.05) is 13.2 Å². The molecule has 2 atom stereocenters. The fourth-order valence-corrected chi connectivity index (χ4v) is 3.10. The van der Waals surface area contributed by atoms with Crippen LogP contribution in [-0.2, 0) is 22.3 Å². The Kier molecular flexibility index (Phi) is 4.49. The normalized spacial score (nSPS) is 25.0. The maximum absolute atomic E-state index is 12.8. The summed E-state index contributed by atoms with van der Waals surface area (Å²) in [6.07, 6.45) is -3.72. The van der Waals surface area contributed by atoms with E-state index in [9.17, 15) is 22.8 Å². The molecule has 0 saturated carbocycles. The minimum Gasteiger partial charge on any atom is -0.381 e. The third-order valence-corrected chi connectivity index (χ3v) is 4.43. The third kappa shape index (κ3) is 3.38. The number of alkyl halides is 3. The molecule has 0 aliphatic carbocycles. The van der Waals surface area contributed by atoms with Crippen LogP contribution in [0.3, 0.4) is 0 Å². The van der Waals surface area contributed by atoms with Crippen LogP contribution in [-0.4, -0.2) is 36.6 Å². The molecule has 24 heavy (non-hydrogen) atoms. The van der Waals surface area contributed by atoms with Crippen LogP contribution in [0.5, 0.6) is 0 Å². The van der Waals surface area contributed by atoms with Gasteiger partial charge in [-0.1, -0.05) is 12.1 Å². The van der Waals surface area contributed by atoms with Crippen LogP contribution in [0.25, 0.3) is 0 Å². The first-order valence-electron chi connectivity index (χ1n) is 7.69. The number of rotatable bonds is 3. The molecule has 1 aromatic rings. The van der Waals surface area contributed by atoms with E-state index in [2.05, 4.69) is 5.32 Å². The molecule has 0 aromatic heterocycles. The van der Waals surface area contributed by atoms with Crippen molar-refractivity contribution in [2.24, 2.45) is 11.8 Å². The van der Waals surface area contributed by atoms with Crippen molar-refractivity contribution in [1.29, 1.82) is 0 Å². The number of amides is 3. The van der Waals surface area contributed by atoms with Crippen LogP contribution >= 0.6 is 0 Å². The molecule has 0 spiro atoms. The average molecular weight is 342 g/mol. The summed E-state index contributed by atoms with van der Waals surface area (Å²) in [7, 11) is 0. The molecule has 1 aromatic carbocycles. The first-order chi connectivity index (χ1) is 11.4. The Hall–Kier alpha value is -2.09. The highest BCUT2D eigenvalue weighted by Crippen LogP contribution is 2.30. The van der Waals surface area contributed by atoms with Crippen molar-refractivity contribution in [1.82, 2.24) is 10.2 Å². The highest BCUT2D eigenvalue weighted by atomic mass is 19.4. The van der Waals surface area contributed by atoms with Gasteiger partial charge in [0.1, 0.15) is 0 Å². The quantitative estimate of drug-likeness (QED) is 0.918. The fourth-order valence-electron chi connectivity index (χ4n) is 3.10. The second-order valence-corrected chi connectivity index (χ2v) is 6.04. The third-order valence-electron chi connectivity index (χ3n) is 4.43. The van der Waals surface area contributed by atoms with Crippen LogP contribution in [0.2, 0.25) is 0 Å². The maximum atomic E-state index is 12.8. The maximum Gasteiger partial charge on any atom is 0.416 e. The van der Waals surface area contributed by atoms with Gasteiger partial charge in [-0.3, -0.25) is 9.69 Å². The van der Waals surface area contributed by atoms with E-state index < -0.39 is 23.7 Å². The van der Waals surface area contributed by atoms with E-state index in [-0.39, 0.29) is 30.5 Å². The minimum atomic E-state index is -4.46. The predicted octanol–water partition coefficient (Wildman–Crippen LogP) is 2.41. The lowest BCUT2D eigenvalue weighted by atomic mass is 9.89. The predicted molar refractivity (Wildman–Crippen MR) is 77.8 cm³/mol. The smallest absolute Gasteiger partial charge is 0.381 e. The van der Waals surface area contributed by atoms with Crippen LogP contribution in [0, 0.1) is 11.8 Å². The number of hydrogen-bond acceptors (Lipinski definition) is 3. The van der Waals surface area contributed by atoms with Gasteiger partial charge in [-0.05, 0) is 30.0 Å². The van der Waals surface area contributed by atoms with Gasteiger partial charge in [0.2, 0.25) is 5.91 Å². The van der Waals surface area contributed by atoms with E-state index in [0.29, 0.717) is 13.2 Å². The molecular weight excluding hydrogens is 325 g/mol. The van der Waals surface area contributed by atoms with Gasteiger partial charge in [0.25, 0.3) is 0 Å². The standard InChI is InChI=1S/C16H17F3N2O3/c17-16(18,19)12-3-1-2-10(6-12)8-21-14(22)13(7-20-15(21)23)11-4-5-24-9-11/h1-3,6,11,13H,4-5,7-9H2,(H,20,23). The van der Waals surface area contributed by atoms with Crippen molar-refractivity contribution in [3.05, 3.63) is 35.4 Å². The number of ether oxygens (including phenoxy) is 1. The molecule has 2 aliphatic rings. The van der Waals surface area contributed by atoms with E-state index in [0.717, 1.165) is 23.5 Å². The van der Waals surface area contributed by atoms with Gasteiger partial charge in [-0.15, -0.1) is 0 Å². The Morgan fingerprint density at radius 3 is 2.75 bits per heavy atom. The van der Waals surface area contributed by atoms with Gasteiger partial charge in [-0.2, -0.15) is 13.2 Å². The van der Waals surface area contributed by atoms with Crippen molar-refractivity contribution < 1.29 is 27.5 Å². The Morgan fingerprint density at radius 2 is 2.08 bits per heavy atom. The lowest BCUT2D eigenvalue weighted by molar-refractivity contribution is -0.137. The number of nitrogens with one attached hydrogen (secondary N) is 1. The average Bonchev–Trinajstić information content (AvgIpc) is 3.05. The van der Waals surface area contributed by atoms with Crippen molar-refractivity contribution in [3.8, 4) is 0 Å². The van der Waals surface area contributed by atoms with Gasteiger partial charge >= 0.3 is 12.2 Å². The molecule has 2 unspecified atom stereocenters. The summed E-state index contributed by atoms with van der Waals surface area (Å²) in [5.41, 5.74) is -0.540. The van der Waals surface area contributed by atoms with Gasteiger partial charge in [0.05, 0.1) is 24.6 Å². The molecule has 8 heteroatoms. The van der Waals surface area contributed by atoms with E-state index in [1.165, 1.54) is 12.1 Å². The van der Waals surface area contributed by atoms with Gasteiger partial charge in [-0.25, -0.2) is 4.79 Å². The number of benzene rings is 1. The van der Waals surface area contributed by atoms with Crippen LogP contribution < -0.4 is 5.32 Å². The Bertz CT molecular complexity index is 642. The van der Waals surface area contributed by atoms with Gasteiger partial charge in [0.15, 0.2) is 0 Å². The van der Waals surface area contributed by atoms with Crippen molar-refractivity contribution in [2.45, 2.75) is 19.1 Å². The zero-order chi connectivity index (χ0) is 17.3. The molecule has 130 valence electrons. The monoisotopic (exact) mass is 342 g/mol. The summed E-state index contributed by atoms with van der Waals surface area (Å²) in [6.45, 7) is 1.10. The summed E-state index contributed by atoms with van der Waals surface area (Å²) >= 11 is 0. The second-order valence-electron chi connectivity index (χ2n) is 6.04. The van der Waals surface area contributed by atoms with E-state index in [1.807, 2.05) is 0 Å². The molecule has 5 nitrogen and oxygen atoms in total. The lowest BCUT2D eigenvalue weighted by Gasteiger charge is -2.33. The van der Waals surface area contributed by atoms with Crippen molar-refractivity contribution in [3.63, 3.8) is 0 Å². The Morgan fingerprint density at radius 1 is 1.29 bits per heavy atom. The molecule has 2 fully saturated rings. The molecule has 0 radical (unpaired) electrons. The molecule has 1 N–H and O–H groups in total. The number of urea groups is 1. The largest absolute Gasteiger partial charge is 0.416 e. The Labute approximate surface area is 136 Å². The highest BCUT2D eigenvalue weighted by Gasteiger charge is 2.40. The lowest BCUT2D eigenvalue weighted by Crippen LogP contribution is -2.56. The van der Waals surface area contributed by atoms with Gasteiger partial charge < -0.3 is 10.1 Å². The number of hydrogen-bond donors (Lipinski definition) is 1. The summed E-state index contributed by atoms with van der Waals surface area (Å²) < 4.78 is 43.7. The fraction of sp³-hybridized carbons (Fsp3) is 0.500. The molecule has 2 saturated heterocycles. The van der Waals surface area contributed by atoms with Crippen LogP contribution in [0.4, 0.5) is 18.0 Å². The number of imide groups is 1. The summed E-state index contributed by atoms with van der Waals surface area (Å²) in [5, 5.41) is 2.64. The number of nitrogens with zero attached hydrogens (tertiary/aromatic N) is 1. The Balaban J connectivity index is 1.77. The first-order valence-corrected chi connectivity index (χ1v) is 7.69. The van der Waals surface area contributed by atoms with Crippen LogP contribution in [0.1, 0.15) is 17.5 Å². The van der Waals surface area contributed by atoms with E-state index in [1.54, 1.807) is 0 Å². The summed E-state index contributed by atoms with van der Waals surface area (Å²) in [5.74, 6) is -0.718. The summed E-state index contributed by atoms with van der Waals surface area (Å²) in [4.78, 5) is 25.6. The highest BCUT2D eigenvalue weighted by molar-refractivity contribution is 5.98. The number of carbonyl (C=O) groups is 2. The number of halogens is 3. The van der Waals surface area contributed by atoms with E-state index in [4.69, 9.17) is 4.74 Å². The minimum absolute atomic E-state index is 0.0297. The zero-order valence-electron chi connectivity index (χ0n) is 12.8. The second kappa shape index (κ2) is 6.43. The molecular formula is C16H17F3N2O3. The van der Waals surface area contributed by atoms with Crippen molar-refractivity contribution >= 4 is 11.9 Å². The molecule has 3 amide bonds. The van der Waals surface area contributed by atoms with Crippen LogP contribution in [0.15, 0.2) is 24.3 Å². The molecule has 2 heterocycles. The number of carbonyl (C=O) groups excluding carboxylic acids is 2. The molecule has 2 aliphatic heterocycles. The van der Waals surface area contributed by atoms with Crippen molar-refractivity contribution in [2.75, 3.05) is 19.8 Å².